The number of aromatic nitrogens is 1. The molecule has 84 valence electrons. The Morgan fingerprint density at radius 2 is 2.31 bits per heavy atom. The highest BCUT2D eigenvalue weighted by Gasteiger charge is 2.18. The second-order valence-electron chi connectivity index (χ2n) is 3.46. The van der Waals surface area contributed by atoms with Crippen LogP contribution in [0.1, 0.15) is 22.0 Å². The highest BCUT2D eigenvalue weighted by molar-refractivity contribution is 9.10. The number of hydrogen-bond acceptors (Lipinski definition) is 4. The van der Waals surface area contributed by atoms with Gasteiger partial charge in [-0.3, -0.25) is 10.8 Å². The number of halogens is 1. The summed E-state index contributed by atoms with van der Waals surface area (Å²) in [5.41, 5.74) is 5.13. The number of thiophene rings is 1. The molecule has 2 aromatic rings. The first-order valence-electron chi connectivity index (χ1n) is 4.83. The van der Waals surface area contributed by atoms with Crippen LogP contribution in [0.15, 0.2) is 34.4 Å². The SMILES string of the molecule is Cc1ccncc1C(NN)c1sccc1Br. The van der Waals surface area contributed by atoms with Crippen LogP contribution >= 0.6 is 27.3 Å². The van der Waals surface area contributed by atoms with Crippen molar-refractivity contribution in [2.75, 3.05) is 0 Å². The molecule has 1 atom stereocenters. The lowest BCUT2D eigenvalue weighted by atomic mass is 10.0. The van der Waals surface area contributed by atoms with E-state index in [0.717, 1.165) is 10.0 Å². The Bertz CT molecular complexity index is 484. The van der Waals surface area contributed by atoms with Crippen molar-refractivity contribution < 1.29 is 0 Å². The minimum atomic E-state index is -0.0110. The van der Waals surface area contributed by atoms with Crippen molar-refractivity contribution in [3.63, 3.8) is 0 Å². The molecule has 0 radical (unpaired) electrons. The summed E-state index contributed by atoms with van der Waals surface area (Å²) >= 11 is 5.19. The quantitative estimate of drug-likeness (QED) is 0.677. The molecule has 16 heavy (non-hydrogen) atoms. The van der Waals surface area contributed by atoms with Gasteiger partial charge in [0, 0.05) is 21.7 Å². The molecule has 0 saturated carbocycles. The molecule has 0 aliphatic carbocycles. The number of hydrogen-bond donors (Lipinski definition) is 2. The minimum absolute atomic E-state index is 0.0110. The zero-order valence-corrected chi connectivity index (χ0v) is 11.2. The smallest absolute Gasteiger partial charge is 0.0831 e. The van der Waals surface area contributed by atoms with Gasteiger partial charge in [0.25, 0.3) is 0 Å². The molecule has 0 saturated heterocycles. The summed E-state index contributed by atoms with van der Waals surface area (Å²) in [4.78, 5) is 5.31. The van der Waals surface area contributed by atoms with Gasteiger partial charge >= 0.3 is 0 Å². The molecule has 0 bridgehead atoms. The van der Waals surface area contributed by atoms with Gasteiger partial charge in [-0.1, -0.05) is 0 Å². The van der Waals surface area contributed by atoms with E-state index >= 15 is 0 Å². The van der Waals surface area contributed by atoms with Crippen LogP contribution in [0.5, 0.6) is 0 Å². The fourth-order valence-corrected chi connectivity index (χ4v) is 3.28. The van der Waals surface area contributed by atoms with E-state index in [1.54, 1.807) is 17.5 Å². The molecular weight excluding hydrogens is 286 g/mol. The summed E-state index contributed by atoms with van der Waals surface area (Å²) < 4.78 is 1.07. The zero-order chi connectivity index (χ0) is 11.5. The molecule has 0 fully saturated rings. The molecule has 0 aromatic carbocycles. The third-order valence-corrected chi connectivity index (χ3v) is 4.40. The topological polar surface area (TPSA) is 50.9 Å². The van der Waals surface area contributed by atoms with E-state index in [-0.39, 0.29) is 6.04 Å². The molecule has 0 aliphatic heterocycles. The Morgan fingerprint density at radius 1 is 1.50 bits per heavy atom. The normalized spacial score (nSPS) is 12.7. The first-order chi connectivity index (χ1) is 7.74. The molecule has 5 heteroatoms. The van der Waals surface area contributed by atoms with E-state index < -0.39 is 0 Å². The molecule has 0 amide bonds. The Kier molecular flexibility index (Phi) is 3.70. The monoisotopic (exact) mass is 297 g/mol. The fraction of sp³-hybridized carbons (Fsp3) is 0.182. The van der Waals surface area contributed by atoms with Crippen LogP contribution in [0.25, 0.3) is 0 Å². The van der Waals surface area contributed by atoms with Gasteiger partial charge in [0.15, 0.2) is 0 Å². The first-order valence-corrected chi connectivity index (χ1v) is 6.51. The van der Waals surface area contributed by atoms with Gasteiger partial charge in [0.2, 0.25) is 0 Å². The highest BCUT2D eigenvalue weighted by atomic mass is 79.9. The Balaban J connectivity index is 2.45. The van der Waals surface area contributed by atoms with E-state index in [0.29, 0.717) is 0 Å². The van der Waals surface area contributed by atoms with E-state index in [4.69, 9.17) is 5.84 Å². The molecule has 1 unspecified atom stereocenters. The lowest BCUT2D eigenvalue weighted by molar-refractivity contribution is 0.639. The number of rotatable bonds is 3. The third-order valence-electron chi connectivity index (χ3n) is 2.46. The molecule has 2 heterocycles. The molecule has 2 rings (SSSR count). The highest BCUT2D eigenvalue weighted by Crippen LogP contribution is 2.33. The number of pyridine rings is 1. The summed E-state index contributed by atoms with van der Waals surface area (Å²) in [6, 6.07) is 4.00. The maximum absolute atomic E-state index is 5.64. The van der Waals surface area contributed by atoms with Crippen LogP contribution < -0.4 is 11.3 Å². The number of hydrazine groups is 1. The van der Waals surface area contributed by atoms with Crippen molar-refractivity contribution in [1.82, 2.24) is 10.4 Å². The molecule has 0 spiro atoms. The van der Waals surface area contributed by atoms with Gasteiger partial charge < -0.3 is 0 Å². The van der Waals surface area contributed by atoms with E-state index in [1.807, 2.05) is 23.7 Å². The van der Waals surface area contributed by atoms with Gasteiger partial charge in [-0.2, -0.15) is 0 Å². The molecule has 2 aromatic heterocycles. The van der Waals surface area contributed by atoms with Crippen LogP contribution in [0, 0.1) is 6.92 Å². The van der Waals surface area contributed by atoms with Crippen molar-refractivity contribution in [2.45, 2.75) is 13.0 Å². The summed E-state index contributed by atoms with van der Waals surface area (Å²) in [6.07, 6.45) is 3.64. The van der Waals surface area contributed by atoms with Crippen LogP contribution in [0.2, 0.25) is 0 Å². The summed E-state index contributed by atoms with van der Waals surface area (Å²) in [5, 5.41) is 2.04. The maximum atomic E-state index is 5.64. The molecule has 0 aliphatic rings. The largest absolute Gasteiger partial charge is 0.271 e. The van der Waals surface area contributed by atoms with Crippen molar-refractivity contribution in [3.05, 3.63) is 50.4 Å². The third kappa shape index (κ3) is 2.17. The average Bonchev–Trinajstić information content (AvgIpc) is 2.69. The molecule has 3 nitrogen and oxygen atoms in total. The average molecular weight is 298 g/mol. The van der Waals surface area contributed by atoms with Gasteiger partial charge in [-0.05, 0) is 51.5 Å². The second-order valence-corrected chi connectivity index (χ2v) is 5.27. The van der Waals surface area contributed by atoms with Gasteiger partial charge in [-0.15, -0.1) is 11.3 Å². The lowest BCUT2D eigenvalue weighted by Crippen LogP contribution is -2.29. The van der Waals surface area contributed by atoms with Gasteiger partial charge in [0.05, 0.1) is 6.04 Å². The van der Waals surface area contributed by atoms with Crippen LogP contribution in [-0.2, 0) is 0 Å². The minimum Gasteiger partial charge on any atom is -0.271 e. The number of aryl methyl sites for hydroxylation is 1. The van der Waals surface area contributed by atoms with Crippen molar-refractivity contribution in [1.29, 1.82) is 0 Å². The van der Waals surface area contributed by atoms with Crippen LogP contribution in [0.3, 0.4) is 0 Å². The fourth-order valence-electron chi connectivity index (χ4n) is 1.60. The first kappa shape index (κ1) is 11.7. The summed E-state index contributed by atoms with van der Waals surface area (Å²) in [6.45, 7) is 2.06. The molecule has 3 N–H and O–H groups in total. The van der Waals surface area contributed by atoms with Crippen molar-refractivity contribution >= 4 is 27.3 Å². The zero-order valence-electron chi connectivity index (χ0n) is 8.77. The summed E-state index contributed by atoms with van der Waals surface area (Å²) in [5.74, 6) is 5.64. The predicted molar refractivity (Wildman–Crippen MR) is 70.2 cm³/mol. The Hall–Kier alpha value is -0.750. The number of nitrogens with zero attached hydrogens (tertiary/aromatic N) is 1. The van der Waals surface area contributed by atoms with E-state index in [1.165, 1.54) is 10.4 Å². The standard InChI is InChI=1S/C11H12BrN3S/c1-7-2-4-14-6-8(7)10(15-13)11-9(12)3-5-16-11/h2-6,10,15H,13H2,1H3. The lowest BCUT2D eigenvalue weighted by Gasteiger charge is -2.17. The number of nitrogens with one attached hydrogen (secondary N) is 1. The Morgan fingerprint density at radius 3 is 2.88 bits per heavy atom. The number of nitrogens with two attached hydrogens (primary N) is 1. The van der Waals surface area contributed by atoms with Crippen LogP contribution in [-0.4, -0.2) is 4.98 Å². The summed E-state index contributed by atoms with van der Waals surface area (Å²) in [7, 11) is 0. The van der Waals surface area contributed by atoms with Gasteiger partial charge in [-0.25, -0.2) is 5.43 Å². The second kappa shape index (κ2) is 5.05. The Labute approximate surface area is 107 Å². The van der Waals surface area contributed by atoms with Crippen molar-refractivity contribution in [3.8, 4) is 0 Å². The predicted octanol–water partition coefficient (Wildman–Crippen LogP) is 2.77. The van der Waals surface area contributed by atoms with Crippen molar-refractivity contribution in [2.24, 2.45) is 5.84 Å². The molecular formula is C11H12BrN3S. The van der Waals surface area contributed by atoms with Crippen LogP contribution in [0.4, 0.5) is 0 Å². The van der Waals surface area contributed by atoms with E-state index in [2.05, 4.69) is 33.3 Å². The van der Waals surface area contributed by atoms with E-state index in [9.17, 15) is 0 Å². The maximum Gasteiger partial charge on any atom is 0.0831 e. The van der Waals surface area contributed by atoms with Gasteiger partial charge in [0.1, 0.15) is 0 Å².